The van der Waals surface area contributed by atoms with Crippen LogP contribution >= 0.6 is 0 Å². The molecule has 1 atom stereocenters. The Morgan fingerprint density at radius 1 is 1.10 bits per heavy atom. The maximum atomic E-state index is 11.3. The average molecular weight is 290 g/mol. The van der Waals surface area contributed by atoms with Crippen LogP contribution in [-0.2, 0) is 5.60 Å². The minimum atomic E-state index is -0.672. The largest absolute Gasteiger partial charge is 0.385 e. The molecule has 1 unspecified atom stereocenters. The van der Waals surface area contributed by atoms with Gasteiger partial charge in [-0.15, -0.1) is 0 Å². The quantitative estimate of drug-likeness (QED) is 0.787. The van der Waals surface area contributed by atoms with Gasteiger partial charge < -0.3 is 9.59 Å². The second-order valence-electron chi connectivity index (χ2n) is 7.60. The number of aliphatic hydroxyl groups is 1. The van der Waals surface area contributed by atoms with Gasteiger partial charge in [-0.25, -0.2) is 0 Å². The van der Waals surface area contributed by atoms with Crippen molar-refractivity contribution in [1.82, 2.24) is 0 Å². The summed E-state index contributed by atoms with van der Waals surface area (Å²) in [5.41, 5.74) is 0.413. The van der Waals surface area contributed by atoms with Gasteiger partial charge in [-0.05, 0) is 37.2 Å². The molecule has 0 aromatic heterocycles. The van der Waals surface area contributed by atoms with Crippen molar-refractivity contribution in [2.24, 2.45) is 5.92 Å². The van der Waals surface area contributed by atoms with Crippen LogP contribution < -0.4 is 0 Å². The van der Waals surface area contributed by atoms with E-state index in [1.165, 1.54) is 32.4 Å². The first kappa shape index (κ1) is 16.5. The zero-order chi connectivity index (χ0) is 15.3. The molecule has 2 nitrogen and oxygen atoms in total. The first-order valence-electron chi connectivity index (χ1n) is 8.55. The molecule has 0 bridgehead atoms. The summed E-state index contributed by atoms with van der Waals surface area (Å²) in [7, 11) is 2.36. The minimum Gasteiger partial charge on any atom is -0.385 e. The minimum absolute atomic E-state index is 0.502. The lowest BCUT2D eigenvalue weighted by Gasteiger charge is -2.41. The Hall–Kier alpha value is -0.860. The first-order chi connectivity index (χ1) is 9.94. The zero-order valence-corrected chi connectivity index (χ0v) is 14.0. The average Bonchev–Trinajstić information content (AvgIpc) is 2.46. The fourth-order valence-electron chi connectivity index (χ4n) is 3.74. The van der Waals surface area contributed by atoms with Crippen molar-refractivity contribution in [3.8, 4) is 0 Å². The summed E-state index contributed by atoms with van der Waals surface area (Å²) in [5.74, 6) is 0.502. The molecule has 1 heterocycles. The van der Waals surface area contributed by atoms with Gasteiger partial charge in [-0.1, -0.05) is 44.2 Å². The highest BCUT2D eigenvalue weighted by atomic mass is 16.3. The molecule has 118 valence electrons. The van der Waals surface area contributed by atoms with E-state index in [2.05, 4.69) is 33.0 Å². The first-order valence-corrected chi connectivity index (χ1v) is 8.55. The molecule has 1 aromatic rings. The molecular weight excluding hydrogens is 258 g/mol. The summed E-state index contributed by atoms with van der Waals surface area (Å²) in [4.78, 5) is 0. The van der Waals surface area contributed by atoms with Gasteiger partial charge in [0.05, 0.1) is 32.3 Å². The summed E-state index contributed by atoms with van der Waals surface area (Å²) < 4.78 is 1.13. The number of quaternary nitrogens is 1. The molecule has 2 rings (SSSR count). The van der Waals surface area contributed by atoms with Crippen molar-refractivity contribution < 1.29 is 9.59 Å². The summed E-state index contributed by atoms with van der Waals surface area (Å²) >= 11 is 0. The smallest absolute Gasteiger partial charge is 0.0952 e. The van der Waals surface area contributed by atoms with Crippen LogP contribution in [0.15, 0.2) is 30.3 Å². The summed E-state index contributed by atoms with van der Waals surface area (Å²) in [6.07, 6.45) is 5.76. The molecule has 1 fully saturated rings. The standard InChI is InChI=1S/C19H32NO/c1-17(2)16-19(21,18-10-6-4-7-11-18)12-15-20(3)13-8-5-9-14-20/h4,6-7,10-11,17,21H,5,8-9,12-16H2,1-3H3/q+1. The van der Waals surface area contributed by atoms with Gasteiger partial charge >= 0.3 is 0 Å². The van der Waals surface area contributed by atoms with Gasteiger partial charge in [-0.3, -0.25) is 0 Å². The van der Waals surface area contributed by atoms with E-state index in [9.17, 15) is 5.11 Å². The van der Waals surface area contributed by atoms with Crippen LogP contribution in [0.5, 0.6) is 0 Å². The molecule has 0 aliphatic carbocycles. The second kappa shape index (κ2) is 6.93. The molecule has 0 saturated carbocycles. The van der Waals surface area contributed by atoms with Gasteiger partial charge in [-0.2, -0.15) is 0 Å². The Balaban J connectivity index is 2.09. The van der Waals surface area contributed by atoms with E-state index in [4.69, 9.17) is 0 Å². The van der Waals surface area contributed by atoms with Gasteiger partial charge in [0.15, 0.2) is 0 Å². The van der Waals surface area contributed by atoms with E-state index in [1.807, 2.05) is 18.2 Å². The third-order valence-electron chi connectivity index (χ3n) is 5.02. The van der Waals surface area contributed by atoms with Crippen molar-refractivity contribution >= 4 is 0 Å². The van der Waals surface area contributed by atoms with E-state index in [0.717, 1.165) is 29.4 Å². The lowest BCUT2D eigenvalue weighted by atomic mass is 9.82. The molecule has 1 aromatic carbocycles. The fourth-order valence-corrected chi connectivity index (χ4v) is 3.74. The lowest BCUT2D eigenvalue weighted by Crippen LogP contribution is -2.50. The second-order valence-corrected chi connectivity index (χ2v) is 7.60. The molecule has 0 radical (unpaired) electrons. The third kappa shape index (κ3) is 4.55. The Kier molecular flexibility index (Phi) is 5.45. The third-order valence-corrected chi connectivity index (χ3v) is 5.02. The highest BCUT2D eigenvalue weighted by Gasteiger charge is 2.34. The van der Waals surface area contributed by atoms with E-state index >= 15 is 0 Å². The van der Waals surface area contributed by atoms with Crippen molar-refractivity contribution in [1.29, 1.82) is 0 Å². The van der Waals surface area contributed by atoms with Crippen LogP contribution in [0.1, 0.15) is 51.5 Å². The maximum Gasteiger partial charge on any atom is 0.0952 e. The lowest BCUT2D eigenvalue weighted by molar-refractivity contribution is -0.915. The predicted octanol–water partition coefficient (Wildman–Crippen LogP) is 3.94. The summed E-state index contributed by atoms with van der Waals surface area (Å²) in [6.45, 7) is 8.02. The predicted molar refractivity (Wildman–Crippen MR) is 89.0 cm³/mol. The van der Waals surface area contributed by atoms with Crippen LogP contribution in [0.3, 0.4) is 0 Å². The summed E-state index contributed by atoms with van der Waals surface area (Å²) in [6, 6.07) is 10.3. The summed E-state index contributed by atoms with van der Waals surface area (Å²) in [5, 5.41) is 11.3. The number of hydrogen-bond acceptors (Lipinski definition) is 1. The normalized spacial score (nSPS) is 21.2. The highest BCUT2D eigenvalue weighted by molar-refractivity contribution is 5.22. The monoisotopic (exact) mass is 290 g/mol. The topological polar surface area (TPSA) is 20.2 Å². The maximum absolute atomic E-state index is 11.3. The molecule has 1 N–H and O–H groups in total. The Morgan fingerprint density at radius 2 is 1.71 bits per heavy atom. The number of rotatable bonds is 6. The van der Waals surface area contributed by atoms with E-state index in [0.29, 0.717) is 5.92 Å². The van der Waals surface area contributed by atoms with E-state index < -0.39 is 5.60 Å². The molecule has 1 aliphatic rings. The van der Waals surface area contributed by atoms with Crippen LogP contribution in [0.25, 0.3) is 0 Å². The molecule has 1 saturated heterocycles. The molecular formula is C19H32NO+. The van der Waals surface area contributed by atoms with E-state index in [-0.39, 0.29) is 0 Å². The number of benzene rings is 1. The highest BCUT2D eigenvalue weighted by Crippen LogP contribution is 2.33. The Labute approximate surface area is 130 Å². The fraction of sp³-hybridized carbons (Fsp3) is 0.684. The van der Waals surface area contributed by atoms with Crippen LogP contribution in [-0.4, -0.2) is 36.3 Å². The van der Waals surface area contributed by atoms with Crippen LogP contribution in [0.2, 0.25) is 0 Å². The molecule has 21 heavy (non-hydrogen) atoms. The van der Waals surface area contributed by atoms with Gasteiger partial charge in [0.1, 0.15) is 0 Å². The van der Waals surface area contributed by atoms with Gasteiger partial charge in [0.25, 0.3) is 0 Å². The zero-order valence-electron chi connectivity index (χ0n) is 14.0. The number of piperidine rings is 1. The number of nitrogens with zero attached hydrogens (tertiary/aromatic N) is 1. The van der Waals surface area contributed by atoms with Crippen molar-refractivity contribution in [3.05, 3.63) is 35.9 Å². The Morgan fingerprint density at radius 3 is 2.29 bits per heavy atom. The molecule has 0 amide bonds. The van der Waals surface area contributed by atoms with Crippen molar-refractivity contribution in [2.45, 2.75) is 51.6 Å². The Bertz CT molecular complexity index is 422. The van der Waals surface area contributed by atoms with Crippen molar-refractivity contribution in [3.63, 3.8) is 0 Å². The van der Waals surface area contributed by atoms with Crippen LogP contribution in [0, 0.1) is 5.92 Å². The SMILES string of the molecule is CC(C)CC(O)(CC[N+]1(C)CCCCC1)c1ccccc1. The number of hydrogen-bond donors (Lipinski definition) is 1. The number of likely N-dealkylation sites (tertiary alicyclic amines) is 1. The molecule has 1 aliphatic heterocycles. The van der Waals surface area contributed by atoms with Crippen LogP contribution in [0.4, 0.5) is 0 Å². The van der Waals surface area contributed by atoms with E-state index in [1.54, 1.807) is 0 Å². The molecule has 2 heteroatoms. The van der Waals surface area contributed by atoms with Crippen molar-refractivity contribution in [2.75, 3.05) is 26.7 Å². The van der Waals surface area contributed by atoms with Gasteiger partial charge in [0, 0.05) is 6.42 Å². The van der Waals surface area contributed by atoms with Gasteiger partial charge in [0.2, 0.25) is 0 Å². The molecule has 0 spiro atoms.